The van der Waals surface area contributed by atoms with Crippen LogP contribution in [0.4, 0.5) is 11.4 Å². The third-order valence-corrected chi connectivity index (χ3v) is 3.99. The number of benzene rings is 3. The Morgan fingerprint density at radius 3 is 1.45 bits per heavy atom. The van der Waals surface area contributed by atoms with Crippen molar-refractivity contribution >= 4 is 11.4 Å². The average Bonchev–Trinajstić information content (AvgIpc) is 3.04. The highest BCUT2D eigenvalue weighted by molar-refractivity contribution is 5.55. The van der Waals surface area contributed by atoms with Crippen LogP contribution < -0.4 is 10.7 Å². The maximum absolute atomic E-state index is 4.72. The SMILES string of the molecule is c1ccc2c(c1)=Nc1ccc3c(c1=2)=c1ccccc1=N3. The van der Waals surface area contributed by atoms with E-state index in [1.807, 2.05) is 12.1 Å². The van der Waals surface area contributed by atoms with Gasteiger partial charge in [-0.1, -0.05) is 36.4 Å². The van der Waals surface area contributed by atoms with Crippen LogP contribution in [0.1, 0.15) is 0 Å². The summed E-state index contributed by atoms with van der Waals surface area (Å²) in [5, 5.41) is 7.00. The lowest BCUT2D eigenvalue weighted by molar-refractivity contribution is 1.36. The predicted molar refractivity (Wildman–Crippen MR) is 76.3 cm³/mol. The molecule has 0 aromatic heterocycles. The first-order chi connectivity index (χ1) is 9.92. The van der Waals surface area contributed by atoms with E-state index >= 15 is 0 Å². The molecular formula is C18H10N2. The minimum Gasteiger partial charge on any atom is -0.248 e. The molecule has 3 aromatic carbocycles. The summed E-state index contributed by atoms with van der Waals surface area (Å²) in [6.07, 6.45) is 0. The average molecular weight is 254 g/mol. The van der Waals surface area contributed by atoms with E-state index in [0.29, 0.717) is 0 Å². The third-order valence-electron chi connectivity index (χ3n) is 3.99. The van der Waals surface area contributed by atoms with Crippen molar-refractivity contribution in [2.24, 2.45) is 9.98 Å². The van der Waals surface area contributed by atoms with Crippen LogP contribution in [-0.4, -0.2) is 0 Å². The molecule has 3 aromatic rings. The van der Waals surface area contributed by atoms with Crippen molar-refractivity contribution in [2.45, 2.75) is 0 Å². The molecule has 0 bridgehead atoms. The van der Waals surface area contributed by atoms with Crippen molar-refractivity contribution in [1.82, 2.24) is 0 Å². The Bertz CT molecular complexity index is 1090. The van der Waals surface area contributed by atoms with Gasteiger partial charge in [-0.3, -0.25) is 0 Å². The topological polar surface area (TPSA) is 24.7 Å². The van der Waals surface area contributed by atoms with Crippen LogP contribution in [0.15, 0.2) is 70.6 Å². The lowest BCUT2D eigenvalue weighted by Crippen LogP contribution is -1.98. The van der Waals surface area contributed by atoms with E-state index in [1.54, 1.807) is 0 Å². The van der Waals surface area contributed by atoms with E-state index in [4.69, 9.17) is 9.98 Å². The molecule has 0 aliphatic carbocycles. The van der Waals surface area contributed by atoms with Crippen LogP contribution in [0.2, 0.25) is 0 Å². The number of hydrogen-bond acceptors (Lipinski definition) is 2. The number of fused-ring (bicyclic) bond motifs is 5. The van der Waals surface area contributed by atoms with E-state index in [-0.39, 0.29) is 0 Å². The first kappa shape index (κ1) is 10.1. The van der Waals surface area contributed by atoms with Crippen LogP contribution in [0.5, 0.6) is 0 Å². The van der Waals surface area contributed by atoms with Crippen molar-refractivity contribution in [3.8, 4) is 0 Å². The molecule has 2 heterocycles. The first-order valence-electron chi connectivity index (χ1n) is 6.71. The van der Waals surface area contributed by atoms with Gasteiger partial charge in [0.25, 0.3) is 0 Å². The van der Waals surface area contributed by atoms with Crippen molar-refractivity contribution in [2.75, 3.05) is 0 Å². The number of nitrogens with zero attached hydrogens (tertiary/aromatic N) is 2. The Hall–Kier alpha value is -2.74. The Balaban J connectivity index is 2.26. The molecule has 5 rings (SSSR count). The maximum Gasteiger partial charge on any atom is 0.0724 e. The monoisotopic (exact) mass is 254 g/mol. The quantitative estimate of drug-likeness (QED) is 0.406. The summed E-state index contributed by atoms with van der Waals surface area (Å²) in [6.45, 7) is 0. The van der Waals surface area contributed by atoms with E-state index in [1.165, 1.54) is 20.9 Å². The highest BCUT2D eigenvalue weighted by Gasteiger charge is 2.11. The standard InChI is InChI=1S/C18H10N2/c1-3-7-13-11(5-1)17-15(19-13)9-10-16-18(17)12-6-2-4-8-14(12)20-16/h1-10H. The Morgan fingerprint density at radius 2 is 0.950 bits per heavy atom. The van der Waals surface area contributed by atoms with E-state index < -0.39 is 0 Å². The minimum atomic E-state index is 1.05. The normalized spacial score (nSPS) is 12.8. The third kappa shape index (κ3) is 1.14. The summed E-state index contributed by atoms with van der Waals surface area (Å²) in [5.41, 5.74) is 2.11. The molecule has 2 nitrogen and oxygen atoms in total. The van der Waals surface area contributed by atoms with Gasteiger partial charge >= 0.3 is 0 Å². The number of hydrogen-bond donors (Lipinski definition) is 0. The zero-order chi connectivity index (χ0) is 13.1. The van der Waals surface area contributed by atoms with Gasteiger partial charge in [0.2, 0.25) is 0 Å². The van der Waals surface area contributed by atoms with Gasteiger partial charge in [0.05, 0.1) is 22.1 Å². The van der Waals surface area contributed by atoms with Gasteiger partial charge in [0.1, 0.15) is 0 Å². The van der Waals surface area contributed by atoms with Crippen molar-refractivity contribution < 1.29 is 0 Å². The smallest absolute Gasteiger partial charge is 0.0724 e. The molecule has 0 spiro atoms. The summed E-state index contributed by atoms with van der Waals surface area (Å²) >= 11 is 0. The van der Waals surface area contributed by atoms with Crippen LogP contribution >= 0.6 is 0 Å². The summed E-state index contributed by atoms with van der Waals surface area (Å²) in [6, 6.07) is 20.8. The highest BCUT2D eigenvalue weighted by atomic mass is 14.8. The fourth-order valence-electron chi connectivity index (χ4n) is 3.14. The predicted octanol–water partition coefficient (Wildman–Crippen LogP) is 2.79. The lowest BCUT2D eigenvalue weighted by Gasteiger charge is -1.94. The van der Waals surface area contributed by atoms with E-state index in [0.717, 1.165) is 22.1 Å². The van der Waals surface area contributed by atoms with Gasteiger partial charge in [-0.2, -0.15) is 0 Å². The maximum atomic E-state index is 4.72. The molecule has 0 saturated heterocycles. The van der Waals surface area contributed by atoms with Gasteiger partial charge in [-0.15, -0.1) is 0 Å². The Labute approximate surface area is 114 Å². The zero-order valence-electron chi connectivity index (χ0n) is 10.7. The van der Waals surface area contributed by atoms with Crippen LogP contribution in [-0.2, 0) is 0 Å². The fourth-order valence-corrected chi connectivity index (χ4v) is 3.14. The molecular weight excluding hydrogens is 244 g/mol. The molecule has 0 saturated carbocycles. The fraction of sp³-hybridized carbons (Fsp3) is 0. The molecule has 2 aliphatic rings. The molecule has 0 N–H and O–H groups in total. The van der Waals surface area contributed by atoms with E-state index in [9.17, 15) is 0 Å². The minimum absolute atomic E-state index is 1.05. The largest absolute Gasteiger partial charge is 0.248 e. The molecule has 0 amide bonds. The second-order valence-corrected chi connectivity index (χ2v) is 5.11. The van der Waals surface area contributed by atoms with Gasteiger partial charge in [0, 0.05) is 20.9 Å². The van der Waals surface area contributed by atoms with Crippen molar-refractivity contribution in [1.29, 1.82) is 0 Å². The second kappa shape index (κ2) is 3.42. The Kier molecular flexibility index (Phi) is 1.73. The Morgan fingerprint density at radius 1 is 0.500 bits per heavy atom. The lowest BCUT2D eigenvalue weighted by atomic mass is 10.1. The van der Waals surface area contributed by atoms with Gasteiger partial charge in [-0.05, 0) is 24.3 Å². The molecule has 0 fully saturated rings. The second-order valence-electron chi connectivity index (χ2n) is 5.11. The molecule has 2 heteroatoms. The number of rotatable bonds is 0. The molecule has 0 unspecified atom stereocenters. The van der Waals surface area contributed by atoms with Gasteiger partial charge < -0.3 is 0 Å². The summed E-state index contributed by atoms with van der Waals surface area (Å²) < 4.78 is 0. The van der Waals surface area contributed by atoms with Crippen LogP contribution in [0.3, 0.4) is 0 Å². The first-order valence-corrected chi connectivity index (χ1v) is 6.71. The van der Waals surface area contributed by atoms with Crippen LogP contribution in [0.25, 0.3) is 0 Å². The summed E-state index contributed by atoms with van der Waals surface area (Å²) in [7, 11) is 0. The summed E-state index contributed by atoms with van der Waals surface area (Å²) in [5.74, 6) is 0. The van der Waals surface area contributed by atoms with Crippen molar-refractivity contribution in [3.63, 3.8) is 0 Å². The highest BCUT2D eigenvalue weighted by Crippen LogP contribution is 2.27. The molecule has 2 aliphatic heterocycles. The van der Waals surface area contributed by atoms with Crippen molar-refractivity contribution in [3.05, 3.63) is 92.3 Å². The molecule has 20 heavy (non-hydrogen) atoms. The molecule has 0 radical (unpaired) electrons. The van der Waals surface area contributed by atoms with Gasteiger partial charge in [-0.25, -0.2) is 9.98 Å². The van der Waals surface area contributed by atoms with Crippen LogP contribution in [0, 0.1) is 20.9 Å². The van der Waals surface area contributed by atoms with Gasteiger partial charge in [0.15, 0.2) is 0 Å². The van der Waals surface area contributed by atoms with E-state index in [2.05, 4.69) is 48.5 Å². The number of para-hydroxylation sites is 2. The zero-order valence-corrected chi connectivity index (χ0v) is 10.7. The summed E-state index contributed by atoms with van der Waals surface area (Å²) in [4.78, 5) is 9.45. The molecule has 92 valence electrons. The molecule has 0 atom stereocenters.